The molecule has 0 heterocycles. The molecule has 0 unspecified atom stereocenters. The van der Waals surface area contributed by atoms with Gasteiger partial charge >= 0.3 is 0 Å². The smallest absolute Gasteiger partial charge is 0 e. The molecule has 58 heavy (non-hydrogen) atoms. The lowest BCUT2D eigenvalue weighted by Gasteiger charge is -2.54. The van der Waals surface area contributed by atoms with Crippen molar-refractivity contribution in [2.75, 3.05) is 0 Å². The third-order valence-electron chi connectivity index (χ3n) is 11.6. The first-order valence-electron chi connectivity index (χ1n) is 18.7. The summed E-state index contributed by atoms with van der Waals surface area (Å²) >= 11 is 0. The van der Waals surface area contributed by atoms with Crippen LogP contribution in [0, 0.1) is 0 Å². The minimum absolute atomic E-state index is 0.587. The molecular formula is H3B58-. The monoisotopic (exact) mass is 642 g/mol. The van der Waals surface area contributed by atoms with Gasteiger partial charge in [0.25, 0.3) is 0 Å². The maximum atomic E-state index is 6.73. The highest BCUT2D eigenvalue weighted by Gasteiger charge is 2.57. The number of rotatable bonds is 28. The Kier molecular flexibility index (Phi) is 30.7. The zero-order valence-electron chi connectivity index (χ0n) is 32.9. The van der Waals surface area contributed by atoms with Gasteiger partial charge in [0, 0.05) is 124 Å². The quantitative estimate of drug-likeness (QED) is 0.0755. The first kappa shape index (κ1) is 61.8. The van der Waals surface area contributed by atoms with Crippen LogP contribution in [-0.2, 0) is 0 Å². The van der Waals surface area contributed by atoms with Crippen LogP contribution in [0.4, 0.5) is 0 Å². The van der Waals surface area contributed by atoms with E-state index in [1.54, 1.807) is 7.06 Å². The SMILES string of the molecule is [B]B([B])B([B][BH3-])B(B([B])[B])B([B]B(B(B(B([B])[B])B([B])[B])B(B([B])[B])B([B])[B])B(B(B([B])[B])B([B])[B])B(B([B])[B])B([B])[B])B(B(B([B])[B])B([B])[B])B(B([B])[B])B([B])[B]. The Hall–Kier alpha value is 3.77. The van der Waals surface area contributed by atoms with Crippen LogP contribution in [0.3, 0.4) is 0 Å². The Labute approximate surface area is 407 Å². The van der Waals surface area contributed by atoms with Crippen LogP contribution in [0.15, 0.2) is 0 Å². The van der Waals surface area contributed by atoms with Gasteiger partial charge in [-0.25, -0.2) is 0 Å². The molecule has 0 saturated heterocycles. The lowest BCUT2D eigenvalue weighted by atomic mass is 8.28. The molecule has 0 nitrogen and oxygen atoms in total. The van der Waals surface area contributed by atoms with Crippen LogP contribution in [0.5, 0.6) is 0 Å². The molecule has 0 fully saturated rings. The van der Waals surface area contributed by atoms with Gasteiger partial charge in [-0.3, -0.25) is 0 Å². The lowest BCUT2D eigenvalue weighted by molar-refractivity contribution is 3.22. The Morgan fingerprint density at radius 1 is 0.190 bits per heavy atom. The molecule has 178 valence electrons. The predicted octanol–water partition coefficient (Wildman–Crippen LogP) is -22.9. The highest BCUT2D eigenvalue weighted by atomic mass is 13.4. The van der Waals surface area contributed by atoms with Crippen molar-refractivity contribution in [1.29, 1.82) is 0 Å². The zero-order chi connectivity index (χ0) is 46.0. The molecule has 0 bridgehead atoms. The van der Waals surface area contributed by atoms with Crippen molar-refractivity contribution in [1.82, 2.24) is 0 Å². The van der Waals surface area contributed by atoms with Crippen molar-refractivity contribution in [3.63, 3.8) is 0 Å². The maximum absolute atomic E-state index is 6.73. The summed E-state index contributed by atoms with van der Waals surface area (Å²) in [5.41, 5.74) is 0. The molecule has 0 saturated carbocycles. The fraction of sp³-hybridized carbons (Fsp3) is 0. The Morgan fingerprint density at radius 2 is 0.345 bits per heavy atom. The van der Waals surface area contributed by atoms with Gasteiger partial charge in [0.1, 0.15) is 0 Å². The van der Waals surface area contributed by atoms with Crippen LogP contribution < -0.4 is 0 Å². The highest BCUT2D eigenvalue weighted by Crippen LogP contribution is 2.19. The molecule has 0 aromatic heterocycles. The zero-order valence-corrected chi connectivity index (χ0v) is 32.9. The standard InChI is InChI=1S/B58H3/c1-30-46(32(2)3)55(45(28)29)47(56(49(33(4)5)34(6)7)50(35(8)9)36(10)11)31-48(57(51(37(12)13)38(14)15)52(39(16)17)40(18)19)58(53(41(20)21)42(22)23)54(43(24)25)44(26)27/h1H3/q-1. The van der Waals surface area contributed by atoms with E-state index in [-0.39, 0.29) is 0 Å². The molecule has 0 aromatic carbocycles. The molecule has 0 aromatic rings. The predicted molar refractivity (Wildman–Crippen MR) is 338 cm³/mol. The van der Waals surface area contributed by atoms with Crippen molar-refractivity contribution in [2.45, 2.75) is 0 Å². The van der Waals surface area contributed by atoms with Crippen molar-refractivity contribution in [2.24, 2.45) is 0 Å². The van der Waals surface area contributed by atoms with E-state index in [1.807, 2.05) is 7.06 Å². The fourth-order valence-electron chi connectivity index (χ4n) is 9.24. The van der Waals surface area contributed by atoms with Gasteiger partial charge in [-0.05, 0) is 272 Å². The number of hydrogen-bond acceptors (Lipinski definition) is 0. The minimum atomic E-state index is -1.33. The van der Waals surface area contributed by atoms with Gasteiger partial charge in [0.2, 0.25) is 0 Å². The van der Waals surface area contributed by atoms with Crippen molar-refractivity contribution < 1.29 is 0 Å². The van der Waals surface area contributed by atoms with Gasteiger partial charge in [0.15, 0.2) is 0 Å². The maximum Gasteiger partial charge on any atom is 0 e. The molecule has 0 rings (SSSR count). The van der Waals surface area contributed by atoms with Crippen LogP contribution in [0.2, 0.25) is 0 Å². The van der Waals surface area contributed by atoms with E-state index in [9.17, 15) is 0 Å². The molecule has 0 aliphatic carbocycles. The van der Waals surface area contributed by atoms with E-state index in [2.05, 4.69) is 0 Å². The van der Waals surface area contributed by atoms with E-state index >= 15 is 0 Å². The van der Waals surface area contributed by atoms with E-state index in [0.717, 1.165) is 0 Å². The van der Waals surface area contributed by atoms with Gasteiger partial charge in [0.05, 0.1) is 0 Å². The first-order chi connectivity index (χ1) is 26.4. The first-order valence-corrected chi connectivity index (χ1v) is 18.7. The molecular weight excluding hydrogens is 627 g/mol. The van der Waals surface area contributed by atoms with Gasteiger partial charge in [-0.2, -0.15) is 7.06 Å². The van der Waals surface area contributed by atoms with Crippen molar-refractivity contribution >= 4 is 411 Å². The van der Waals surface area contributed by atoms with Gasteiger partial charge in [-0.15, -0.1) is 0 Å². The second-order valence-electron chi connectivity index (χ2n) is 15.8. The second kappa shape index (κ2) is 28.8. The van der Waals surface area contributed by atoms with Gasteiger partial charge in [-0.1, -0.05) is 7.74 Å². The Morgan fingerprint density at radius 3 is 0.466 bits per heavy atom. The molecule has 0 aliphatic rings. The lowest BCUT2D eigenvalue weighted by Crippen LogP contribution is -2.92. The van der Waals surface area contributed by atoms with Crippen LogP contribution in [-0.4, -0.2) is 411 Å². The Bertz CT molecular complexity index is 878. The highest BCUT2D eigenvalue weighted by molar-refractivity contribution is 8.33. The van der Waals surface area contributed by atoms with Crippen LogP contribution in [0.25, 0.3) is 0 Å². The summed E-state index contributed by atoms with van der Waals surface area (Å²) in [6, 6.07) is 0. The number of hydrogen-bond donors (Lipinski definition) is 0. The average molecular weight is 630 g/mol. The largest absolute Gasteiger partial charge is 0.158 e. The third-order valence-corrected chi connectivity index (χ3v) is 11.6. The van der Waals surface area contributed by atoms with Crippen molar-refractivity contribution in [3.8, 4) is 0 Å². The third kappa shape index (κ3) is 17.1. The summed E-state index contributed by atoms with van der Waals surface area (Å²) in [6.45, 7) is 0. The van der Waals surface area contributed by atoms with Crippen molar-refractivity contribution in [3.05, 3.63) is 0 Å². The summed E-state index contributed by atoms with van der Waals surface area (Å²) in [4.78, 5) is 0. The summed E-state index contributed by atoms with van der Waals surface area (Å²) in [5, 5.41) is 0. The molecule has 0 amide bonds. The summed E-state index contributed by atoms with van der Waals surface area (Å²) < 4.78 is 0. The molecule has 0 N–H and O–H groups in total. The van der Waals surface area contributed by atoms with E-state index in [1.165, 1.54) is 0 Å². The Balaban J connectivity index is 9.72. The van der Waals surface area contributed by atoms with Crippen LogP contribution in [0.1, 0.15) is 0 Å². The van der Waals surface area contributed by atoms with E-state index in [0.29, 0.717) is 0 Å². The normalized spacial score (nSPS) is 9.67. The molecule has 0 aliphatic heterocycles. The molecule has 0 spiro atoms. The summed E-state index contributed by atoms with van der Waals surface area (Å²) in [5.74, 6) is 0. The average Bonchev–Trinajstić information content (AvgIpc) is 3.01. The topological polar surface area (TPSA) is 0 Å². The van der Waals surface area contributed by atoms with E-state index < -0.39 is 180 Å². The molecule has 0 atom stereocenters. The summed E-state index contributed by atoms with van der Waals surface area (Å²) in [7, 11) is 186. The van der Waals surface area contributed by atoms with Gasteiger partial charge < -0.3 is 0 Å². The summed E-state index contributed by atoms with van der Waals surface area (Å²) in [6.07, 6.45) is -32.6. The minimum Gasteiger partial charge on any atom is -0.158 e. The van der Waals surface area contributed by atoms with Crippen LogP contribution >= 0.6 is 0 Å². The molecule has 58 heteroatoms. The fourth-order valence-corrected chi connectivity index (χ4v) is 9.24. The van der Waals surface area contributed by atoms with E-state index in [4.69, 9.17) is 217 Å². The second-order valence-corrected chi connectivity index (χ2v) is 15.8. The molecule has 58 radical (unpaired) electrons.